The largest absolute Gasteiger partial charge is 0.477 e. The molecule has 0 aromatic heterocycles. The first-order chi connectivity index (χ1) is 8.58. The summed E-state index contributed by atoms with van der Waals surface area (Å²) < 4.78 is 19.0. The Morgan fingerprint density at radius 1 is 1.22 bits per heavy atom. The third kappa shape index (κ3) is 2.48. The van der Waals surface area contributed by atoms with Crippen molar-refractivity contribution in [3.05, 3.63) is 59.4 Å². The molecule has 0 saturated carbocycles. The standard InChI is InChI=1S/C14H11FO3/c1-9-7-11(15)13(14(16)17)12(8-9)18-10-5-3-2-4-6-10/h2-8H,1H3,(H,16,17). The van der Waals surface area contributed by atoms with E-state index in [0.717, 1.165) is 0 Å². The molecule has 4 heteroatoms. The van der Waals surface area contributed by atoms with Gasteiger partial charge in [0.2, 0.25) is 0 Å². The normalized spacial score (nSPS) is 10.1. The first-order valence-corrected chi connectivity index (χ1v) is 5.34. The number of aromatic carboxylic acids is 1. The van der Waals surface area contributed by atoms with Crippen molar-refractivity contribution in [2.75, 3.05) is 0 Å². The van der Waals surface area contributed by atoms with Crippen molar-refractivity contribution in [1.29, 1.82) is 0 Å². The number of carbonyl (C=O) groups is 1. The first kappa shape index (κ1) is 12.1. The highest BCUT2D eigenvalue weighted by Gasteiger charge is 2.18. The molecule has 0 aliphatic carbocycles. The quantitative estimate of drug-likeness (QED) is 0.899. The minimum Gasteiger partial charge on any atom is -0.477 e. The molecule has 0 bridgehead atoms. The number of hydrogen-bond donors (Lipinski definition) is 1. The fourth-order valence-electron chi connectivity index (χ4n) is 1.61. The zero-order valence-corrected chi connectivity index (χ0v) is 9.68. The van der Waals surface area contributed by atoms with E-state index in [9.17, 15) is 9.18 Å². The summed E-state index contributed by atoms with van der Waals surface area (Å²) in [6, 6.07) is 11.3. The van der Waals surface area contributed by atoms with Gasteiger partial charge in [-0.3, -0.25) is 0 Å². The van der Waals surface area contributed by atoms with Gasteiger partial charge in [-0.05, 0) is 36.8 Å². The molecule has 2 aromatic rings. The van der Waals surface area contributed by atoms with Crippen LogP contribution in [0.3, 0.4) is 0 Å². The van der Waals surface area contributed by atoms with Crippen LogP contribution in [0.25, 0.3) is 0 Å². The Morgan fingerprint density at radius 3 is 2.50 bits per heavy atom. The van der Waals surface area contributed by atoms with Crippen molar-refractivity contribution in [3.8, 4) is 11.5 Å². The summed E-state index contributed by atoms with van der Waals surface area (Å²) in [6.07, 6.45) is 0. The van der Waals surface area contributed by atoms with Crippen LogP contribution in [0.5, 0.6) is 11.5 Å². The molecule has 2 rings (SSSR count). The number of benzene rings is 2. The van der Waals surface area contributed by atoms with Gasteiger partial charge in [0.25, 0.3) is 0 Å². The Labute approximate surface area is 103 Å². The zero-order chi connectivity index (χ0) is 13.1. The predicted molar refractivity (Wildman–Crippen MR) is 64.6 cm³/mol. The maximum Gasteiger partial charge on any atom is 0.342 e. The van der Waals surface area contributed by atoms with Crippen LogP contribution >= 0.6 is 0 Å². The van der Waals surface area contributed by atoms with Crippen LogP contribution in [0.2, 0.25) is 0 Å². The van der Waals surface area contributed by atoms with Crippen molar-refractivity contribution < 1.29 is 19.0 Å². The molecule has 0 fully saturated rings. The number of halogens is 1. The highest BCUT2D eigenvalue weighted by atomic mass is 19.1. The average molecular weight is 246 g/mol. The molecule has 0 atom stereocenters. The molecule has 0 unspecified atom stereocenters. The number of ether oxygens (including phenoxy) is 1. The number of aryl methyl sites for hydroxylation is 1. The molecule has 0 spiro atoms. The molecule has 1 N–H and O–H groups in total. The zero-order valence-electron chi connectivity index (χ0n) is 9.68. The average Bonchev–Trinajstić information content (AvgIpc) is 2.28. The smallest absolute Gasteiger partial charge is 0.342 e. The second kappa shape index (κ2) is 4.87. The van der Waals surface area contributed by atoms with Crippen molar-refractivity contribution in [3.63, 3.8) is 0 Å². The number of para-hydroxylation sites is 1. The van der Waals surface area contributed by atoms with Crippen molar-refractivity contribution in [1.82, 2.24) is 0 Å². The SMILES string of the molecule is Cc1cc(F)c(C(=O)O)c(Oc2ccccc2)c1. The van der Waals surface area contributed by atoms with Gasteiger partial charge in [-0.1, -0.05) is 18.2 Å². The molecule has 2 aromatic carbocycles. The van der Waals surface area contributed by atoms with Crippen molar-refractivity contribution in [2.45, 2.75) is 6.92 Å². The summed E-state index contributed by atoms with van der Waals surface area (Å²) in [5.74, 6) is -1.68. The molecule has 3 nitrogen and oxygen atoms in total. The Bertz CT molecular complexity index is 579. The summed E-state index contributed by atoms with van der Waals surface area (Å²) in [5, 5.41) is 9.00. The summed E-state index contributed by atoms with van der Waals surface area (Å²) in [5.41, 5.74) is 0.146. The van der Waals surface area contributed by atoms with Gasteiger partial charge < -0.3 is 9.84 Å². The van der Waals surface area contributed by atoms with Gasteiger partial charge in [0.15, 0.2) is 0 Å². The van der Waals surface area contributed by atoms with E-state index in [1.807, 2.05) is 6.07 Å². The van der Waals surface area contributed by atoms with E-state index in [0.29, 0.717) is 11.3 Å². The van der Waals surface area contributed by atoms with E-state index >= 15 is 0 Å². The molecular formula is C14H11FO3. The van der Waals surface area contributed by atoms with Crippen molar-refractivity contribution in [2.24, 2.45) is 0 Å². The molecule has 0 aliphatic heterocycles. The highest BCUT2D eigenvalue weighted by Crippen LogP contribution is 2.28. The number of hydrogen-bond acceptors (Lipinski definition) is 2. The van der Waals surface area contributed by atoms with Gasteiger partial charge in [0, 0.05) is 0 Å². The maximum atomic E-state index is 13.6. The Morgan fingerprint density at radius 2 is 1.89 bits per heavy atom. The first-order valence-electron chi connectivity index (χ1n) is 5.34. The van der Waals surface area contributed by atoms with Crippen molar-refractivity contribution >= 4 is 5.97 Å². The Kier molecular flexibility index (Phi) is 3.28. The van der Waals surface area contributed by atoms with Gasteiger partial charge in [0.05, 0.1) is 0 Å². The van der Waals surface area contributed by atoms with Gasteiger partial charge in [-0.15, -0.1) is 0 Å². The minimum atomic E-state index is -1.35. The molecule has 0 heterocycles. The molecule has 18 heavy (non-hydrogen) atoms. The van der Waals surface area contributed by atoms with Crippen LogP contribution in [0.15, 0.2) is 42.5 Å². The van der Waals surface area contributed by atoms with Gasteiger partial charge in [0.1, 0.15) is 22.9 Å². The monoisotopic (exact) mass is 246 g/mol. The van der Waals surface area contributed by atoms with Gasteiger partial charge >= 0.3 is 5.97 Å². The summed E-state index contributed by atoms with van der Waals surface area (Å²) in [6.45, 7) is 1.67. The van der Waals surface area contributed by atoms with E-state index in [4.69, 9.17) is 9.84 Å². The fourth-order valence-corrected chi connectivity index (χ4v) is 1.61. The molecule has 0 amide bonds. The number of rotatable bonds is 3. The summed E-state index contributed by atoms with van der Waals surface area (Å²) in [4.78, 5) is 11.0. The third-order valence-electron chi connectivity index (χ3n) is 2.38. The molecule has 0 radical (unpaired) electrons. The molecular weight excluding hydrogens is 235 g/mol. The van der Waals surface area contributed by atoms with Crippen LogP contribution in [-0.4, -0.2) is 11.1 Å². The van der Waals surface area contributed by atoms with E-state index in [-0.39, 0.29) is 5.75 Å². The van der Waals surface area contributed by atoms with E-state index in [2.05, 4.69) is 0 Å². The van der Waals surface area contributed by atoms with Gasteiger partial charge in [-0.2, -0.15) is 0 Å². The summed E-state index contributed by atoms with van der Waals surface area (Å²) >= 11 is 0. The maximum absolute atomic E-state index is 13.6. The van der Waals surface area contributed by atoms with Gasteiger partial charge in [-0.25, -0.2) is 9.18 Å². The van der Waals surface area contributed by atoms with Crippen LogP contribution in [0.4, 0.5) is 4.39 Å². The van der Waals surface area contributed by atoms with E-state index in [1.165, 1.54) is 12.1 Å². The van der Waals surface area contributed by atoms with Crippen LogP contribution in [-0.2, 0) is 0 Å². The third-order valence-corrected chi connectivity index (χ3v) is 2.38. The lowest BCUT2D eigenvalue weighted by atomic mass is 10.1. The number of carboxylic acids is 1. The Balaban J connectivity index is 2.46. The highest BCUT2D eigenvalue weighted by molar-refractivity contribution is 5.91. The Hall–Kier alpha value is -2.36. The lowest BCUT2D eigenvalue weighted by molar-refractivity contribution is 0.0689. The lowest BCUT2D eigenvalue weighted by Crippen LogP contribution is -2.04. The lowest BCUT2D eigenvalue weighted by Gasteiger charge is -2.10. The molecule has 0 aliphatic rings. The molecule has 92 valence electrons. The topological polar surface area (TPSA) is 46.5 Å². The van der Waals surface area contributed by atoms with Crippen LogP contribution in [0.1, 0.15) is 15.9 Å². The van der Waals surface area contributed by atoms with E-state index < -0.39 is 17.3 Å². The van der Waals surface area contributed by atoms with Crippen LogP contribution < -0.4 is 4.74 Å². The summed E-state index contributed by atoms with van der Waals surface area (Å²) in [7, 11) is 0. The van der Waals surface area contributed by atoms with E-state index in [1.54, 1.807) is 31.2 Å². The van der Waals surface area contributed by atoms with Crippen LogP contribution in [0, 0.1) is 12.7 Å². The second-order valence-corrected chi connectivity index (χ2v) is 3.84. The minimum absolute atomic E-state index is 0.00574. The second-order valence-electron chi connectivity index (χ2n) is 3.84. The fraction of sp³-hybridized carbons (Fsp3) is 0.0714. The number of carboxylic acid groups (broad SMARTS) is 1. The predicted octanol–water partition coefficient (Wildman–Crippen LogP) is 3.62. The molecule has 0 saturated heterocycles.